The van der Waals surface area contributed by atoms with Gasteiger partial charge in [-0.3, -0.25) is 4.79 Å². The molecule has 1 amide bonds. The lowest BCUT2D eigenvalue weighted by atomic mass is 10.1. The van der Waals surface area contributed by atoms with Crippen LogP contribution in [0, 0.1) is 0 Å². The lowest BCUT2D eigenvalue weighted by Crippen LogP contribution is -2.37. The largest absolute Gasteiger partial charge is 0.494 e. The van der Waals surface area contributed by atoms with Crippen molar-refractivity contribution in [3.05, 3.63) is 35.3 Å². The summed E-state index contributed by atoms with van der Waals surface area (Å²) in [5.41, 5.74) is 1.93. The van der Waals surface area contributed by atoms with Crippen LogP contribution in [0.15, 0.2) is 29.6 Å². The minimum Gasteiger partial charge on any atom is -0.494 e. The molecule has 0 radical (unpaired) electrons. The molecule has 0 unspecified atom stereocenters. The van der Waals surface area contributed by atoms with Crippen molar-refractivity contribution in [1.82, 2.24) is 9.88 Å². The average molecular weight is 373 g/mol. The van der Waals surface area contributed by atoms with Crippen molar-refractivity contribution < 1.29 is 9.53 Å². The van der Waals surface area contributed by atoms with Gasteiger partial charge in [-0.25, -0.2) is 4.98 Å². The Hall–Kier alpha value is -1.88. The van der Waals surface area contributed by atoms with Gasteiger partial charge in [-0.15, -0.1) is 11.3 Å². The molecule has 3 rings (SSSR count). The van der Waals surface area contributed by atoms with Crippen LogP contribution >= 0.6 is 11.3 Å². The van der Waals surface area contributed by atoms with Crippen LogP contribution in [-0.2, 0) is 11.2 Å². The van der Waals surface area contributed by atoms with E-state index in [2.05, 4.69) is 4.98 Å². The number of hydrogen-bond donors (Lipinski definition) is 0. The third-order valence-corrected chi connectivity index (χ3v) is 6.00. The molecule has 1 saturated carbocycles. The molecule has 0 N–H and O–H groups in total. The highest BCUT2D eigenvalue weighted by atomic mass is 32.1. The highest BCUT2D eigenvalue weighted by Crippen LogP contribution is 2.27. The normalized spacial score (nSPS) is 15.5. The fourth-order valence-corrected chi connectivity index (χ4v) is 4.34. The molecule has 1 aromatic heterocycles. The van der Waals surface area contributed by atoms with Crippen molar-refractivity contribution in [3.8, 4) is 16.3 Å². The van der Waals surface area contributed by atoms with Crippen molar-refractivity contribution in [2.45, 2.75) is 57.9 Å². The summed E-state index contributed by atoms with van der Waals surface area (Å²) in [5.74, 6) is 1.05. The van der Waals surface area contributed by atoms with E-state index in [0.717, 1.165) is 34.9 Å². The standard InChI is InChI=1S/C21H28N2O2S/c1-3-25-19-12-10-16(11-13-19)21-22-17(15-26-21)14-20(24)23(2)18-8-6-4-5-7-9-18/h10-13,15,18H,3-9,14H2,1-2H3. The Bertz CT molecular complexity index is 703. The summed E-state index contributed by atoms with van der Waals surface area (Å²) in [5, 5.41) is 2.96. The van der Waals surface area contributed by atoms with E-state index in [9.17, 15) is 4.79 Å². The van der Waals surface area contributed by atoms with E-state index in [4.69, 9.17) is 4.74 Å². The number of carbonyl (C=O) groups excluding carboxylic acids is 1. The van der Waals surface area contributed by atoms with Crippen LogP contribution in [0.2, 0.25) is 0 Å². The Morgan fingerprint density at radius 1 is 1.19 bits per heavy atom. The van der Waals surface area contributed by atoms with Crippen molar-refractivity contribution in [1.29, 1.82) is 0 Å². The molecule has 4 nitrogen and oxygen atoms in total. The number of thiazole rings is 1. The number of ether oxygens (including phenoxy) is 1. The van der Waals surface area contributed by atoms with Crippen LogP contribution < -0.4 is 4.74 Å². The Balaban J connectivity index is 1.61. The number of rotatable bonds is 6. The zero-order chi connectivity index (χ0) is 18.4. The average Bonchev–Trinajstić information content (AvgIpc) is 2.94. The second kappa shape index (κ2) is 9.17. The van der Waals surface area contributed by atoms with Gasteiger partial charge in [0.15, 0.2) is 0 Å². The molecule has 0 bridgehead atoms. The molecule has 1 aromatic carbocycles. The molecule has 1 fully saturated rings. The first-order chi connectivity index (χ1) is 12.7. The van der Waals surface area contributed by atoms with Gasteiger partial charge in [0, 0.05) is 24.0 Å². The van der Waals surface area contributed by atoms with E-state index < -0.39 is 0 Å². The number of carbonyl (C=O) groups is 1. The second-order valence-corrected chi connectivity index (χ2v) is 7.79. The zero-order valence-corrected chi connectivity index (χ0v) is 16.6. The third-order valence-electron chi connectivity index (χ3n) is 5.06. The van der Waals surface area contributed by atoms with Crippen LogP contribution in [-0.4, -0.2) is 35.5 Å². The summed E-state index contributed by atoms with van der Waals surface area (Å²) >= 11 is 1.59. The Morgan fingerprint density at radius 2 is 1.88 bits per heavy atom. The molecule has 0 saturated heterocycles. The molecule has 0 atom stereocenters. The van der Waals surface area contributed by atoms with Crippen LogP contribution in [0.25, 0.3) is 10.6 Å². The maximum absolute atomic E-state index is 12.7. The summed E-state index contributed by atoms with van der Waals surface area (Å²) in [7, 11) is 1.96. The first kappa shape index (κ1) is 18.9. The SMILES string of the molecule is CCOc1ccc(-c2nc(CC(=O)N(C)C3CCCCCC3)cs2)cc1. The second-order valence-electron chi connectivity index (χ2n) is 6.93. The highest BCUT2D eigenvalue weighted by molar-refractivity contribution is 7.13. The molecule has 1 heterocycles. The summed E-state index contributed by atoms with van der Waals surface area (Å²) in [6.45, 7) is 2.64. The lowest BCUT2D eigenvalue weighted by Gasteiger charge is -2.27. The molecule has 5 heteroatoms. The molecule has 1 aliphatic rings. The van der Waals surface area contributed by atoms with Gasteiger partial charge in [-0.1, -0.05) is 25.7 Å². The number of benzene rings is 1. The molecule has 0 aliphatic heterocycles. The molecule has 140 valence electrons. The quantitative estimate of drug-likeness (QED) is 0.675. The first-order valence-electron chi connectivity index (χ1n) is 9.60. The van der Waals surface area contributed by atoms with Gasteiger partial charge in [-0.05, 0) is 44.0 Å². The molecule has 1 aliphatic carbocycles. The van der Waals surface area contributed by atoms with E-state index >= 15 is 0 Å². The van der Waals surface area contributed by atoms with E-state index in [1.54, 1.807) is 11.3 Å². The molecule has 26 heavy (non-hydrogen) atoms. The molecule has 0 spiro atoms. The number of hydrogen-bond acceptors (Lipinski definition) is 4. The maximum Gasteiger partial charge on any atom is 0.228 e. The smallest absolute Gasteiger partial charge is 0.228 e. The monoisotopic (exact) mass is 372 g/mol. The van der Waals surface area contributed by atoms with E-state index in [-0.39, 0.29) is 5.91 Å². The van der Waals surface area contributed by atoms with E-state index in [1.807, 2.05) is 48.5 Å². The van der Waals surface area contributed by atoms with Gasteiger partial charge < -0.3 is 9.64 Å². The number of aromatic nitrogens is 1. The lowest BCUT2D eigenvalue weighted by molar-refractivity contribution is -0.131. The van der Waals surface area contributed by atoms with Crippen molar-refractivity contribution in [2.75, 3.05) is 13.7 Å². The van der Waals surface area contributed by atoms with Crippen molar-refractivity contribution in [3.63, 3.8) is 0 Å². The van der Waals surface area contributed by atoms with Crippen molar-refractivity contribution in [2.24, 2.45) is 0 Å². The van der Waals surface area contributed by atoms with Gasteiger partial charge in [0.1, 0.15) is 10.8 Å². The number of nitrogens with zero attached hydrogens (tertiary/aromatic N) is 2. The fraction of sp³-hybridized carbons (Fsp3) is 0.524. The van der Waals surface area contributed by atoms with E-state index in [1.165, 1.54) is 25.7 Å². The predicted molar refractivity (Wildman–Crippen MR) is 107 cm³/mol. The van der Waals surface area contributed by atoms with Crippen LogP contribution in [0.3, 0.4) is 0 Å². The number of amides is 1. The molecular weight excluding hydrogens is 344 g/mol. The van der Waals surface area contributed by atoms with Crippen molar-refractivity contribution >= 4 is 17.2 Å². The Labute approximate surface area is 160 Å². The summed E-state index contributed by atoms with van der Waals surface area (Å²) < 4.78 is 5.48. The summed E-state index contributed by atoms with van der Waals surface area (Å²) in [6, 6.07) is 8.37. The van der Waals surface area contributed by atoms with Gasteiger partial charge in [-0.2, -0.15) is 0 Å². The minimum atomic E-state index is 0.181. The highest BCUT2D eigenvalue weighted by Gasteiger charge is 2.22. The van der Waals surface area contributed by atoms with Gasteiger partial charge >= 0.3 is 0 Å². The summed E-state index contributed by atoms with van der Waals surface area (Å²) in [6.07, 6.45) is 7.74. The van der Waals surface area contributed by atoms with Crippen LogP contribution in [0.4, 0.5) is 0 Å². The molecule has 2 aromatic rings. The maximum atomic E-state index is 12.7. The Morgan fingerprint density at radius 3 is 2.54 bits per heavy atom. The fourth-order valence-electron chi connectivity index (χ4n) is 3.51. The Kier molecular flexibility index (Phi) is 6.67. The molecular formula is C21H28N2O2S. The summed E-state index contributed by atoms with van der Waals surface area (Å²) in [4.78, 5) is 19.3. The van der Waals surface area contributed by atoms with Gasteiger partial charge in [0.05, 0.1) is 18.7 Å². The van der Waals surface area contributed by atoms with E-state index in [0.29, 0.717) is 19.1 Å². The van der Waals surface area contributed by atoms with Gasteiger partial charge in [0.25, 0.3) is 0 Å². The van der Waals surface area contributed by atoms with Crippen LogP contribution in [0.5, 0.6) is 5.75 Å². The number of likely N-dealkylation sites (N-methyl/N-ethyl adjacent to an activating group) is 1. The van der Waals surface area contributed by atoms with Gasteiger partial charge in [0.2, 0.25) is 5.91 Å². The minimum absolute atomic E-state index is 0.181. The van der Waals surface area contributed by atoms with Crippen LogP contribution in [0.1, 0.15) is 51.1 Å². The first-order valence-corrected chi connectivity index (χ1v) is 10.5. The topological polar surface area (TPSA) is 42.4 Å². The third kappa shape index (κ3) is 4.85. The predicted octanol–water partition coefficient (Wildman–Crippen LogP) is 4.93. The zero-order valence-electron chi connectivity index (χ0n) is 15.7.